The van der Waals surface area contributed by atoms with Crippen molar-refractivity contribution in [3.8, 4) is 5.75 Å². The molecule has 8 nitrogen and oxygen atoms in total. The van der Waals surface area contributed by atoms with Crippen molar-refractivity contribution in [3.63, 3.8) is 0 Å². The molecule has 0 aliphatic rings. The molecule has 0 aliphatic heterocycles. The van der Waals surface area contributed by atoms with Gasteiger partial charge in [0, 0.05) is 26.4 Å². The van der Waals surface area contributed by atoms with Gasteiger partial charge in [0.1, 0.15) is 5.75 Å². The monoisotopic (exact) mass is 513 g/mol. The number of rotatable bonds is 23. The van der Waals surface area contributed by atoms with Gasteiger partial charge in [-0.1, -0.05) is 76.5 Å². The molecule has 3 atom stereocenters. The Morgan fingerprint density at radius 3 is 1.78 bits per heavy atom. The molecule has 0 spiro atoms. The number of aliphatic hydroxyl groups is 1. The number of ether oxygens (including phenoxy) is 6. The summed E-state index contributed by atoms with van der Waals surface area (Å²) in [4.78, 5) is 0. The molecule has 0 bridgehead atoms. The third-order valence-electron chi connectivity index (χ3n) is 5.76. The minimum absolute atomic E-state index is 0.258. The van der Waals surface area contributed by atoms with Crippen LogP contribution in [-0.4, -0.2) is 55.8 Å². The fourth-order valence-corrected chi connectivity index (χ4v) is 3.97. The van der Waals surface area contributed by atoms with Crippen LogP contribution in [0.1, 0.15) is 92.4 Å². The van der Waals surface area contributed by atoms with E-state index in [2.05, 4.69) is 6.92 Å². The lowest BCUT2D eigenvalue weighted by molar-refractivity contribution is -0.495. The van der Waals surface area contributed by atoms with Crippen LogP contribution < -0.4 is 10.5 Å². The van der Waals surface area contributed by atoms with Crippen molar-refractivity contribution in [1.29, 1.82) is 0 Å². The molecular weight excluding hydrogens is 462 g/mol. The molecule has 1 aromatic carbocycles. The van der Waals surface area contributed by atoms with Gasteiger partial charge < -0.3 is 34.5 Å². The zero-order chi connectivity index (χ0) is 26.7. The van der Waals surface area contributed by atoms with E-state index in [0.29, 0.717) is 12.2 Å². The van der Waals surface area contributed by atoms with Crippen molar-refractivity contribution >= 4 is 0 Å². The van der Waals surface area contributed by atoms with E-state index < -0.39 is 24.3 Å². The Bertz CT molecular complexity index is 631. The predicted octanol–water partition coefficient (Wildman–Crippen LogP) is 5.71. The summed E-state index contributed by atoms with van der Waals surface area (Å²) in [6, 6.07) is 8.08. The maximum absolute atomic E-state index is 11.7. The largest absolute Gasteiger partial charge is 0.438 e. The first-order chi connectivity index (χ1) is 17.4. The number of hydrogen-bond donors (Lipinski definition) is 2. The van der Waals surface area contributed by atoms with Gasteiger partial charge in [-0.3, -0.25) is 4.74 Å². The number of unbranched alkanes of at least 4 members (excludes halogenated alkanes) is 7. The van der Waals surface area contributed by atoms with Crippen LogP contribution in [0.5, 0.6) is 5.75 Å². The normalized spacial score (nSPS) is 15.4. The van der Waals surface area contributed by atoms with Crippen LogP contribution in [0.4, 0.5) is 0 Å². The molecule has 0 aliphatic carbocycles. The zero-order valence-electron chi connectivity index (χ0n) is 23.2. The molecule has 0 aromatic heterocycles. The standard InChI is InChI=1S/C28H51NO7/c1-6-11-12-13-14-15-16-20-23-25(29)27(30,35-24-21-18-17-19-22-24)36-26(31-7-2)28(32-8-3,33-9-4)34-10-5/h17-19,21-22,25-26,30H,6-16,20,23,29H2,1-5H3. The summed E-state index contributed by atoms with van der Waals surface area (Å²) >= 11 is 0. The van der Waals surface area contributed by atoms with Crippen LogP contribution >= 0.6 is 0 Å². The third kappa shape index (κ3) is 11.4. The molecule has 0 saturated heterocycles. The average molecular weight is 514 g/mol. The molecule has 36 heavy (non-hydrogen) atoms. The molecule has 0 heterocycles. The van der Waals surface area contributed by atoms with Crippen molar-refractivity contribution in [2.24, 2.45) is 5.73 Å². The van der Waals surface area contributed by atoms with Crippen molar-refractivity contribution in [2.45, 2.75) is 117 Å². The Hall–Kier alpha value is -1.26. The van der Waals surface area contributed by atoms with Crippen molar-refractivity contribution < 1.29 is 33.5 Å². The summed E-state index contributed by atoms with van der Waals surface area (Å²) in [5.41, 5.74) is 6.51. The molecule has 0 amide bonds. The van der Waals surface area contributed by atoms with Crippen molar-refractivity contribution in [2.75, 3.05) is 26.4 Å². The Labute approximate surface area is 218 Å². The summed E-state index contributed by atoms with van der Waals surface area (Å²) in [5, 5.41) is 11.7. The first-order valence-corrected chi connectivity index (χ1v) is 13.8. The Morgan fingerprint density at radius 2 is 1.28 bits per heavy atom. The van der Waals surface area contributed by atoms with E-state index in [4.69, 9.17) is 34.2 Å². The molecule has 3 N–H and O–H groups in total. The molecule has 8 heteroatoms. The fraction of sp³-hybridized carbons (Fsp3) is 0.786. The summed E-state index contributed by atoms with van der Waals surface area (Å²) in [6.07, 6.45) is 8.53. The van der Waals surface area contributed by atoms with Gasteiger partial charge >= 0.3 is 11.9 Å². The summed E-state index contributed by atoms with van der Waals surface area (Å²) in [7, 11) is 0. The minimum atomic E-state index is -2.21. The maximum atomic E-state index is 11.7. The number of para-hydroxylation sites is 1. The van der Waals surface area contributed by atoms with Gasteiger partial charge in [-0.05, 0) is 46.2 Å². The third-order valence-corrected chi connectivity index (χ3v) is 5.76. The Kier molecular flexibility index (Phi) is 17.2. The van der Waals surface area contributed by atoms with E-state index in [1.165, 1.54) is 32.1 Å². The van der Waals surface area contributed by atoms with Gasteiger partial charge in [0.2, 0.25) is 6.29 Å². The number of benzene rings is 1. The van der Waals surface area contributed by atoms with Crippen LogP contribution in [-0.2, 0) is 23.7 Å². The molecule has 0 saturated carbocycles. The highest BCUT2D eigenvalue weighted by atomic mass is 16.9. The van der Waals surface area contributed by atoms with Crippen LogP contribution in [0.2, 0.25) is 0 Å². The number of nitrogens with two attached hydrogens (primary N) is 1. The molecule has 0 radical (unpaired) electrons. The first-order valence-electron chi connectivity index (χ1n) is 13.8. The van der Waals surface area contributed by atoms with E-state index in [9.17, 15) is 5.11 Å². The SMILES string of the molecule is CCCCCCCCCCC(N)C(O)(Oc1ccccc1)OC(OCC)C(OCC)(OCC)OCC. The van der Waals surface area contributed by atoms with E-state index in [1.54, 1.807) is 12.1 Å². The highest BCUT2D eigenvalue weighted by molar-refractivity contribution is 5.21. The van der Waals surface area contributed by atoms with Gasteiger partial charge in [-0.2, -0.15) is 0 Å². The van der Waals surface area contributed by atoms with Crippen molar-refractivity contribution in [1.82, 2.24) is 0 Å². The van der Waals surface area contributed by atoms with Crippen LogP contribution in [0.3, 0.4) is 0 Å². The first kappa shape index (κ1) is 32.8. The van der Waals surface area contributed by atoms with E-state index in [0.717, 1.165) is 19.3 Å². The number of hydrogen-bond acceptors (Lipinski definition) is 8. The topological polar surface area (TPSA) is 102 Å². The smallest absolute Gasteiger partial charge is 0.343 e. The summed E-state index contributed by atoms with van der Waals surface area (Å²) in [5.74, 6) is -3.49. The maximum Gasteiger partial charge on any atom is 0.343 e. The van der Waals surface area contributed by atoms with Crippen LogP contribution in [0.25, 0.3) is 0 Å². The van der Waals surface area contributed by atoms with Crippen LogP contribution in [0, 0.1) is 0 Å². The second-order valence-corrected chi connectivity index (χ2v) is 8.72. The van der Waals surface area contributed by atoms with E-state index in [-0.39, 0.29) is 26.4 Å². The highest BCUT2D eigenvalue weighted by Gasteiger charge is 2.51. The van der Waals surface area contributed by atoms with Gasteiger partial charge in [-0.25, -0.2) is 0 Å². The quantitative estimate of drug-likeness (QED) is 0.142. The summed E-state index contributed by atoms with van der Waals surface area (Å²) in [6.45, 7) is 10.6. The Morgan fingerprint density at radius 1 is 0.750 bits per heavy atom. The molecule has 3 unspecified atom stereocenters. The second kappa shape index (κ2) is 18.9. The van der Waals surface area contributed by atoms with Gasteiger partial charge in [-0.15, -0.1) is 0 Å². The molecular formula is C28H51NO7. The molecule has 0 fully saturated rings. The lowest BCUT2D eigenvalue weighted by Gasteiger charge is -2.42. The van der Waals surface area contributed by atoms with Gasteiger partial charge in [0.15, 0.2) is 0 Å². The van der Waals surface area contributed by atoms with E-state index in [1.807, 2.05) is 45.9 Å². The van der Waals surface area contributed by atoms with E-state index >= 15 is 0 Å². The van der Waals surface area contributed by atoms with Gasteiger partial charge in [0.25, 0.3) is 0 Å². The fourth-order valence-electron chi connectivity index (χ4n) is 3.97. The summed E-state index contributed by atoms with van der Waals surface area (Å²) < 4.78 is 35.5. The van der Waals surface area contributed by atoms with Gasteiger partial charge in [0.05, 0.1) is 6.04 Å². The molecule has 1 rings (SSSR count). The van der Waals surface area contributed by atoms with Crippen LogP contribution in [0.15, 0.2) is 30.3 Å². The Balaban J connectivity index is 3.04. The lowest BCUT2D eigenvalue weighted by atomic mass is 10.0. The second-order valence-electron chi connectivity index (χ2n) is 8.72. The molecule has 1 aromatic rings. The highest BCUT2D eigenvalue weighted by Crippen LogP contribution is 2.31. The van der Waals surface area contributed by atoms with Crippen molar-refractivity contribution in [3.05, 3.63) is 30.3 Å². The molecule has 210 valence electrons. The minimum Gasteiger partial charge on any atom is -0.438 e. The average Bonchev–Trinajstić information content (AvgIpc) is 2.86. The zero-order valence-corrected chi connectivity index (χ0v) is 23.2. The lowest BCUT2D eigenvalue weighted by Crippen LogP contribution is -2.62. The predicted molar refractivity (Wildman–Crippen MR) is 141 cm³/mol.